The van der Waals surface area contributed by atoms with Gasteiger partial charge >= 0.3 is 0 Å². The lowest BCUT2D eigenvalue weighted by Gasteiger charge is -2.34. The highest BCUT2D eigenvalue weighted by Gasteiger charge is 2.27. The zero-order chi connectivity index (χ0) is 11.4. The van der Waals surface area contributed by atoms with Crippen LogP contribution in [0.5, 0.6) is 0 Å². The van der Waals surface area contributed by atoms with Crippen LogP contribution in [0.25, 0.3) is 0 Å². The summed E-state index contributed by atoms with van der Waals surface area (Å²) in [5.41, 5.74) is 0. The van der Waals surface area contributed by atoms with Gasteiger partial charge in [-0.25, -0.2) is 0 Å². The molecule has 0 spiro atoms. The lowest BCUT2D eigenvalue weighted by atomic mass is 9.98. The van der Waals surface area contributed by atoms with E-state index in [9.17, 15) is 4.79 Å². The van der Waals surface area contributed by atoms with Crippen molar-refractivity contribution in [1.29, 1.82) is 0 Å². The molecule has 3 nitrogen and oxygen atoms in total. The van der Waals surface area contributed by atoms with Crippen molar-refractivity contribution in [3.8, 4) is 0 Å². The fourth-order valence-electron chi connectivity index (χ4n) is 2.92. The first-order valence-electron chi connectivity index (χ1n) is 6.79. The van der Waals surface area contributed by atoms with Gasteiger partial charge in [-0.1, -0.05) is 25.7 Å². The van der Waals surface area contributed by atoms with Gasteiger partial charge in [-0.15, -0.1) is 12.4 Å². The van der Waals surface area contributed by atoms with E-state index in [1.165, 1.54) is 25.7 Å². The minimum Gasteiger partial charge on any atom is -0.340 e. The van der Waals surface area contributed by atoms with Gasteiger partial charge in [0.1, 0.15) is 0 Å². The molecule has 2 fully saturated rings. The highest BCUT2D eigenvalue weighted by Crippen LogP contribution is 2.24. The van der Waals surface area contributed by atoms with Gasteiger partial charge in [0, 0.05) is 31.6 Å². The van der Waals surface area contributed by atoms with Crippen molar-refractivity contribution in [3.63, 3.8) is 0 Å². The summed E-state index contributed by atoms with van der Waals surface area (Å²) in [6, 6.07) is 0.462. The molecular formula is C13H25ClN2O. The second-order valence-corrected chi connectivity index (χ2v) is 5.33. The van der Waals surface area contributed by atoms with Crippen LogP contribution in [0.4, 0.5) is 0 Å². The summed E-state index contributed by atoms with van der Waals surface area (Å²) in [7, 11) is 0. The Morgan fingerprint density at radius 3 is 2.41 bits per heavy atom. The van der Waals surface area contributed by atoms with Gasteiger partial charge in [0.15, 0.2) is 0 Å². The molecule has 4 heteroatoms. The SMILES string of the molecule is CC1CN(C(=O)C2CCCCCC2)CCN1.Cl. The number of carbonyl (C=O) groups excluding carboxylic acids is 1. The second-order valence-electron chi connectivity index (χ2n) is 5.33. The van der Waals surface area contributed by atoms with Crippen molar-refractivity contribution in [2.75, 3.05) is 19.6 Å². The van der Waals surface area contributed by atoms with E-state index in [1.54, 1.807) is 0 Å². The quantitative estimate of drug-likeness (QED) is 0.733. The topological polar surface area (TPSA) is 32.3 Å². The molecule has 1 saturated heterocycles. The Morgan fingerprint density at radius 1 is 1.18 bits per heavy atom. The largest absolute Gasteiger partial charge is 0.340 e. The summed E-state index contributed by atoms with van der Waals surface area (Å²) in [5, 5.41) is 3.39. The van der Waals surface area contributed by atoms with Crippen LogP contribution in [0.2, 0.25) is 0 Å². The van der Waals surface area contributed by atoms with E-state index < -0.39 is 0 Å². The van der Waals surface area contributed by atoms with Crippen molar-refractivity contribution in [2.45, 2.75) is 51.5 Å². The highest BCUT2D eigenvalue weighted by atomic mass is 35.5. The maximum atomic E-state index is 12.3. The normalized spacial score (nSPS) is 27.1. The predicted octanol–water partition coefficient (Wildman–Crippen LogP) is 2.20. The standard InChI is InChI=1S/C13H24N2O.ClH/c1-11-10-15(9-8-14-11)13(16)12-6-4-2-3-5-7-12;/h11-12,14H,2-10H2,1H3;1H. The van der Waals surface area contributed by atoms with Gasteiger partial charge in [-0.05, 0) is 19.8 Å². The lowest BCUT2D eigenvalue weighted by molar-refractivity contribution is -0.137. The smallest absolute Gasteiger partial charge is 0.225 e. The van der Waals surface area contributed by atoms with Crippen LogP contribution in [-0.4, -0.2) is 36.5 Å². The van der Waals surface area contributed by atoms with Crippen molar-refractivity contribution >= 4 is 18.3 Å². The van der Waals surface area contributed by atoms with E-state index in [4.69, 9.17) is 0 Å². The van der Waals surface area contributed by atoms with Crippen LogP contribution in [-0.2, 0) is 4.79 Å². The summed E-state index contributed by atoms with van der Waals surface area (Å²) in [6.07, 6.45) is 7.38. The molecule has 1 aliphatic carbocycles. The predicted molar refractivity (Wildman–Crippen MR) is 72.5 cm³/mol. The average Bonchev–Trinajstić information content (AvgIpc) is 2.56. The van der Waals surface area contributed by atoms with Gasteiger partial charge in [-0.2, -0.15) is 0 Å². The van der Waals surface area contributed by atoms with Crippen molar-refractivity contribution < 1.29 is 4.79 Å². The third-order valence-electron chi connectivity index (χ3n) is 3.88. The molecule has 1 aliphatic heterocycles. The van der Waals surface area contributed by atoms with E-state index in [0.29, 0.717) is 17.9 Å². The zero-order valence-electron chi connectivity index (χ0n) is 10.8. The summed E-state index contributed by atoms with van der Waals surface area (Å²) in [6.45, 7) is 4.92. The first kappa shape index (κ1) is 14.8. The summed E-state index contributed by atoms with van der Waals surface area (Å²) >= 11 is 0. The molecule has 1 heterocycles. The molecule has 1 saturated carbocycles. The number of hydrogen-bond donors (Lipinski definition) is 1. The fourth-order valence-corrected chi connectivity index (χ4v) is 2.92. The van der Waals surface area contributed by atoms with Crippen LogP contribution in [0.1, 0.15) is 45.4 Å². The zero-order valence-corrected chi connectivity index (χ0v) is 11.6. The monoisotopic (exact) mass is 260 g/mol. The average molecular weight is 261 g/mol. The number of nitrogens with one attached hydrogen (secondary N) is 1. The number of piperazine rings is 1. The minimum atomic E-state index is 0. The first-order valence-corrected chi connectivity index (χ1v) is 6.79. The maximum absolute atomic E-state index is 12.3. The van der Waals surface area contributed by atoms with E-state index in [0.717, 1.165) is 32.5 Å². The number of halogens is 1. The van der Waals surface area contributed by atoms with Gasteiger partial charge in [0.25, 0.3) is 0 Å². The van der Waals surface area contributed by atoms with Gasteiger partial charge < -0.3 is 10.2 Å². The minimum absolute atomic E-state index is 0. The first-order chi connectivity index (χ1) is 7.77. The molecule has 0 radical (unpaired) electrons. The van der Waals surface area contributed by atoms with Crippen LogP contribution >= 0.6 is 12.4 Å². The Balaban J connectivity index is 0.00000144. The fraction of sp³-hybridized carbons (Fsp3) is 0.923. The van der Waals surface area contributed by atoms with Crippen molar-refractivity contribution in [2.24, 2.45) is 5.92 Å². The molecular weight excluding hydrogens is 236 g/mol. The van der Waals surface area contributed by atoms with Crippen LogP contribution in [0.15, 0.2) is 0 Å². The molecule has 1 unspecified atom stereocenters. The van der Waals surface area contributed by atoms with E-state index in [2.05, 4.69) is 17.1 Å². The molecule has 100 valence electrons. The lowest BCUT2D eigenvalue weighted by Crippen LogP contribution is -2.52. The van der Waals surface area contributed by atoms with Gasteiger partial charge in [-0.3, -0.25) is 4.79 Å². The molecule has 1 amide bonds. The molecule has 0 aromatic carbocycles. The van der Waals surface area contributed by atoms with E-state index >= 15 is 0 Å². The van der Waals surface area contributed by atoms with Gasteiger partial charge in [0.05, 0.1) is 0 Å². The van der Waals surface area contributed by atoms with E-state index in [1.807, 2.05) is 0 Å². The Labute approximate surface area is 111 Å². The Morgan fingerprint density at radius 2 is 1.82 bits per heavy atom. The molecule has 2 rings (SSSR count). The maximum Gasteiger partial charge on any atom is 0.225 e. The number of nitrogens with zero attached hydrogens (tertiary/aromatic N) is 1. The summed E-state index contributed by atoms with van der Waals surface area (Å²) in [4.78, 5) is 14.4. The van der Waals surface area contributed by atoms with Crippen LogP contribution in [0.3, 0.4) is 0 Å². The number of hydrogen-bond acceptors (Lipinski definition) is 2. The number of amides is 1. The van der Waals surface area contributed by atoms with Gasteiger partial charge in [0.2, 0.25) is 5.91 Å². The third-order valence-corrected chi connectivity index (χ3v) is 3.88. The van der Waals surface area contributed by atoms with E-state index in [-0.39, 0.29) is 12.4 Å². The molecule has 0 aromatic rings. The summed E-state index contributed by atoms with van der Waals surface area (Å²) < 4.78 is 0. The second kappa shape index (κ2) is 7.22. The Kier molecular flexibility index (Phi) is 6.28. The Bertz CT molecular complexity index is 236. The number of carbonyl (C=O) groups is 1. The highest BCUT2D eigenvalue weighted by molar-refractivity contribution is 5.85. The third kappa shape index (κ3) is 4.14. The van der Waals surface area contributed by atoms with Crippen LogP contribution < -0.4 is 5.32 Å². The molecule has 2 aliphatic rings. The number of rotatable bonds is 1. The Hall–Kier alpha value is -0.280. The van der Waals surface area contributed by atoms with Crippen molar-refractivity contribution in [3.05, 3.63) is 0 Å². The molecule has 1 atom stereocenters. The van der Waals surface area contributed by atoms with Crippen LogP contribution in [0, 0.1) is 5.92 Å². The molecule has 17 heavy (non-hydrogen) atoms. The van der Waals surface area contributed by atoms with Crippen molar-refractivity contribution in [1.82, 2.24) is 10.2 Å². The summed E-state index contributed by atoms with van der Waals surface area (Å²) in [5.74, 6) is 0.753. The molecule has 0 aromatic heterocycles. The molecule has 0 bridgehead atoms. The molecule has 1 N–H and O–H groups in total.